The summed E-state index contributed by atoms with van der Waals surface area (Å²) in [6.45, 7) is 4.49. The topological polar surface area (TPSA) is 121 Å². The first-order valence-corrected chi connectivity index (χ1v) is 11.1. The van der Waals surface area contributed by atoms with Gasteiger partial charge in [0, 0.05) is 44.6 Å². The number of nitrogens with one attached hydrogen (secondary N) is 3. The molecule has 3 N–H and O–H groups in total. The Labute approximate surface area is 204 Å². The number of fused-ring (bicyclic) bond motifs is 1. The highest BCUT2D eigenvalue weighted by Crippen LogP contribution is 2.30. The number of benzene rings is 1. The second-order valence-electron chi connectivity index (χ2n) is 8.42. The van der Waals surface area contributed by atoms with E-state index in [9.17, 15) is 18.4 Å². The predicted molar refractivity (Wildman–Crippen MR) is 129 cm³/mol. The molecule has 36 heavy (non-hydrogen) atoms. The molecule has 1 amide bonds. The summed E-state index contributed by atoms with van der Waals surface area (Å²) in [7, 11) is 1.77. The van der Waals surface area contributed by atoms with Gasteiger partial charge in [0.1, 0.15) is 23.1 Å². The SMILES string of the molecule is C=CC(=O)N1CC[C@@H](Nc2nc(Nc3cnn(C)c3)nc3[nH]cc(C(=O)c4ccc(F)cc4F)c23)C1. The molecule has 1 aliphatic heterocycles. The van der Waals surface area contributed by atoms with Crippen LogP contribution in [0, 0.1) is 11.6 Å². The van der Waals surface area contributed by atoms with Crippen molar-refractivity contribution in [1.82, 2.24) is 29.6 Å². The summed E-state index contributed by atoms with van der Waals surface area (Å²) in [5.74, 6) is -1.99. The number of rotatable bonds is 7. The van der Waals surface area contributed by atoms with Gasteiger partial charge in [-0.3, -0.25) is 14.3 Å². The average Bonchev–Trinajstić information content (AvgIpc) is 3.58. The Morgan fingerprint density at radius 1 is 1.25 bits per heavy atom. The summed E-state index contributed by atoms with van der Waals surface area (Å²) in [5.41, 5.74) is 0.844. The van der Waals surface area contributed by atoms with Gasteiger partial charge in [0.25, 0.3) is 0 Å². The maximum absolute atomic E-state index is 14.4. The maximum Gasteiger partial charge on any atom is 0.246 e. The zero-order valence-corrected chi connectivity index (χ0v) is 19.3. The van der Waals surface area contributed by atoms with Crippen LogP contribution in [0.5, 0.6) is 0 Å². The first-order valence-electron chi connectivity index (χ1n) is 11.1. The van der Waals surface area contributed by atoms with E-state index in [1.165, 1.54) is 12.3 Å². The van der Waals surface area contributed by atoms with E-state index in [0.29, 0.717) is 48.1 Å². The molecule has 0 saturated carbocycles. The Hall–Kier alpha value is -4.61. The van der Waals surface area contributed by atoms with Crippen LogP contribution >= 0.6 is 0 Å². The van der Waals surface area contributed by atoms with Crippen molar-refractivity contribution < 1.29 is 18.4 Å². The minimum absolute atomic E-state index is 0.128. The lowest BCUT2D eigenvalue weighted by Gasteiger charge is -2.17. The van der Waals surface area contributed by atoms with Crippen molar-refractivity contribution in [3.8, 4) is 0 Å². The van der Waals surface area contributed by atoms with Crippen molar-refractivity contribution >= 4 is 40.2 Å². The minimum Gasteiger partial charge on any atom is -0.365 e. The van der Waals surface area contributed by atoms with Gasteiger partial charge in [-0.2, -0.15) is 15.1 Å². The highest BCUT2D eigenvalue weighted by atomic mass is 19.1. The van der Waals surface area contributed by atoms with Gasteiger partial charge in [-0.15, -0.1) is 0 Å². The molecule has 4 heterocycles. The second-order valence-corrected chi connectivity index (χ2v) is 8.42. The molecule has 12 heteroatoms. The third-order valence-corrected chi connectivity index (χ3v) is 5.93. The third kappa shape index (κ3) is 4.40. The van der Waals surface area contributed by atoms with Crippen molar-refractivity contribution in [2.75, 3.05) is 23.7 Å². The van der Waals surface area contributed by atoms with Crippen LogP contribution in [-0.4, -0.2) is 60.5 Å². The van der Waals surface area contributed by atoms with Crippen molar-refractivity contribution in [2.45, 2.75) is 12.5 Å². The van der Waals surface area contributed by atoms with Crippen LogP contribution in [0.25, 0.3) is 11.0 Å². The number of carbonyl (C=O) groups is 2. The molecule has 0 unspecified atom stereocenters. The fraction of sp³-hybridized carbons (Fsp3) is 0.208. The van der Waals surface area contributed by atoms with Crippen LogP contribution in [0.1, 0.15) is 22.3 Å². The molecule has 10 nitrogen and oxygen atoms in total. The number of aryl methyl sites for hydroxylation is 1. The van der Waals surface area contributed by atoms with Gasteiger partial charge < -0.3 is 20.5 Å². The summed E-state index contributed by atoms with van der Waals surface area (Å²) >= 11 is 0. The van der Waals surface area contributed by atoms with E-state index in [4.69, 9.17) is 0 Å². The molecular formula is C24H22F2N8O2. The fourth-order valence-corrected chi connectivity index (χ4v) is 4.21. The smallest absolute Gasteiger partial charge is 0.246 e. The largest absolute Gasteiger partial charge is 0.365 e. The highest BCUT2D eigenvalue weighted by Gasteiger charge is 2.28. The molecule has 184 valence electrons. The molecule has 5 rings (SSSR count). The normalized spacial score (nSPS) is 15.3. The molecule has 0 aliphatic carbocycles. The fourth-order valence-electron chi connectivity index (χ4n) is 4.21. The van der Waals surface area contributed by atoms with Crippen LogP contribution in [0.4, 0.5) is 26.2 Å². The summed E-state index contributed by atoms with van der Waals surface area (Å²) in [4.78, 5) is 38.9. The van der Waals surface area contributed by atoms with Crippen molar-refractivity contribution in [2.24, 2.45) is 7.05 Å². The van der Waals surface area contributed by atoms with E-state index in [0.717, 1.165) is 12.1 Å². The number of halogens is 2. The molecular weight excluding hydrogens is 470 g/mol. The van der Waals surface area contributed by atoms with Gasteiger partial charge >= 0.3 is 0 Å². The van der Waals surface area contributed by atoms with Crippen LogP contribution in [0.2, 0.25) is 0 Å². The van der Waals surface area contributed by atoms with Gasteiger partial charge in [-0.25, -0.2) is 8.78 Å². The number of nitrogens with zero attached hydrogens (tertiary/aromatic N) is 5. The number of amides is 1. The first-order chi connectivity index (χ1) is 17.3. The number of aromatic amines is 1. The Morgan fingerprint density at radius 2 is 2.08 bits per heavy atom. The maximum atomic E-state index is 14.4. The van der Waals surface area contributed by atoms with E-state index >= 15 is 0 Å². The standard InChI is InChI=1S/C24H22F2N8O2/c1-3-19(35)34-7-6-14(12-34)29-23-20-17(21(36)16-5-4-13(25)8-18(16)26)10-27-22(20)31-24(32-23)30-15-9-28-33(2)11-15/h3-5,8-11,14H,1,6-7,12H2,2H3,(H3,27,29,30,31,32)/t14-/m1/s1. The third-order valence-electron chi connectivity index (χ3n) is 5.93. The van der Waals surface area contributed by atoms with Crippen molar-refractivity contribution in [3.63, 3.8) is 0 Å². The zero-order valence-electron chi connectivity index (χ0n) is 19.3. The van der Waals surface area contributed by atoms with Gasteiger partial charge in [0.2, 0.25) is 11.9 Å². The van der Waals surface area contributed by atoms with E-state index in [1.54, 1.807) is 29.0 Å². The van der Waals surface area contributed by atoms with Gasteiger partial charge in [0.15, 0.2) is 5.78 Å². The van der Waals surface area contributed by atoms with E-state index in [1.807, 2.05) is 0 Å². The summed E-state index contributed by atoms with van der Waals surface area (Å²) < 4.78 is 29.4. The van der Waals surface area contributed by atoms with E-state index in [2.05, 4.69) is 37.3 Å². The number of anilines is 3. The number of hydrogen-bond donors (Lipinski definition) is 3. The molecule has 1 aromatic carbocycles. The van der Waals surface area contributed by atoms with E-state index < -0.39 is 17.4 Å². The summed E-state index contributed by atoms with van der Waals surface area (Å²) in [5, 5.41) is 10.9. The van der Waals surface area contributed by atoms with Gasteiger partial charge in [-0.05, 0) is 24.6 Å². The number of aromatic nitrogens is 5. The number of ketones is 1. The molecule has 1 atom stereocenters. The number of hydrogen-bond acceptors (Lipinski definition) is 7. The quantitative estimate of drug-likeness (QED) is 0.268. The Bertz CT molecular complexity index is 1490. The van der Waals surface area contributed by atoms with Gasteiger partial charge in [-0.1, -0.05) is 6.58 Å². The molecule has 1 fully saturated rings. The van der Waals surface area contributed by atoms with Crippen LogP contribution in [0.3, 0.4) is 0 Å². The molecule has 1 saturated heterocycles. The molecule has 3 aromatic heterocycles. The number of likely N-dealkylation sites (tertiary alicyclic amines) is 1. The average molecular weight is 492 g/mol. The van der Waals surface area contributed by atoms with Crippen molar-refractivity contribution in [1.29, 1.82) is 0 Å². The lowest BCUT2D eigenvalue weighted by atomic mass is 10.0. The molecule has 0 spiro atoms. The van der Waals surface area contributed by atoms with Crippen molar-refractivity contribution in [3.05, 3.63) is 72.2 Å². The zero-order chi connectivity index (χ0) is 25.4. The summed E-state index contributed by atoms with van der Waals surface area (Å²) in [6.07, 6.45) is 6.69. The molecule has 4 aromatic rings. The molecule has 1 aliphatic rings. The Kier molecular flexibility index (Phi) is 5.92. The minimum atomic E-state index is -0.964. The number of carbonyl (C=O) groups excluding carboxylic acids is 2. The summed E-state index contributed by atoms with van der Waals surface area (Å²) in [6, 6.07) is 2.64. The lowest BCUT2D eigenvalue weighted by Crippen LogP contribution is -2.30. The van der Waals surface area contributed by atoms with Gasteiger partial charge in [0.05, 0.1) is 28.4 Å². The first kappa shape index (κ1) is 23.1. The Morgan fingerprint density at radius 3 is 2.81 bits per heavy atom. The molecule has 0 radical (unpaired) electrons. The Balaban J connectivity index is 1.55. The predicted octanol–water partition coefficient (Wildman–Crippen LogP) is 3.14. The number of H-pyrrole nitrogens is 1. The lowest BCUT2D eigenvalue weighted by molar-refractivity contribution is -0.125. The monoisotopic (exact) mass is 492 g/mol. The van der Waals surface area contributed by atoms with Crippen LogP contribution in [0.15, 0.2) is 49.4 Å². The highest BCUT2D eigenvalue weighted by molar-refractivity contribution is 6.18. The van der Waals surface area contributed by atoms with Crippen LogP contribution < -0.4 is 10.6 Å². The second kappa shape index (κ2) is 9.21. The van der Waals surface area contributed by atoms with E-state index in [-0.39, 0.29) is 29.0 Å². The molecule has 0 bridgehead atoms. The van der Waals surface area contributed by atoms with Crippen LogP contribution in [-0.2, 0) is 11.8 Å².